The zero-order valence-electron chi connectivity index (χ0n) is 24.9. The van der Waals surface area contributed by atoms with Gasteiger partial charge in [0.05, 0.1) is 33.4 Å². The second kappa shape index (κ2) is 20.0. The highest BCUT2D eigenvalue weighted by atomic mass is 31.2. The topological polar surface area (TPSA) is 94.1 Å². The van der Waals surface area contributed by atoms with Gasteiger partial charge in [-0.1, -0.05) is 90.4 Å². The molecule has 1 aliphatic rings. The van der Waals surface area contributed by atoms with Gasteiger partial charge in [0.2, 0.25) is 0 Å². The third kappa shape index (κ3) is 16.9. The highest BCUT2D eigenvalue weighted by Crippen LogP contribution is 2.40. The van der Waals surface area contributed by atoms with Crippen molar-refractivity contribution in [3.63, 3.8) is 0 Å². The van der Waals surface area contributed by atoms with Crippen molar-refractivity contribution in [2.75, 3.05) is 33.9 Å². The fourth-order valence-electron chi connectivity index (χ4n) is 4.78. The van der Waals surface area contributed by atoms with Gasteiger partial charge in [-0.15, -0.1) is 0 Å². The van der Waals surface area contributed by atoms with Crippen LogP contribution in [0, 0.1) is 0 Å². The van der Waals surface area contributed by atoms with Crippen LogP contribution in [0.3, 0.4) is 0 Å². The van der Waals surface area contributed by atoms with Crippen molar-refractivity contribution in [3.05, 3.63) is 12.0 Å². The molecule has 1 saturated heterocycles. The maximum Gasteiger partial charge on any atom is 0.319 e. The van der Waals surface area contributed by atoms with Crippen LogP contribution < -0.4 is 4.89 Å². The van der Waals surface area contributed by atoms with Crippen LogP contribution in [0.1, 0.15) is 124 Å². The molecule has 3 unspecified atom stereocenters. The summed E-state index contributed by atoms with van der Waals surface area (Å²) in [6.45, 7) is 6.42. The number of likely N-dealkylation sites (tertiary alicyclic amines) is 1. The summed E-state index contributed by atoms with van der Waals surface area (Å²) in [6.07, 6.45) is 19.8. The molecule has 1 aliphatic heterocycles. The Kier molecular flexibility index (Phi) is 18.5. The van der Waals surface area contributed by atoms with Gasteiger partial charge in [0.1, 0.15) is 12.0 Å². The number of carbonyl (C=O) groups is 1. The number of hydrogen-bond donors (Lipinski definition) is 0. The molecule has 224 valence electrons. The lowest BCUT2D eigenvalue weighted by atomic mass is 10.0. The van der Waals surface area contributed by atoms with Crippen LogP contribution in [0.2, 0.25) is 0 Å². The predicted molar refractivity (Wildman–Crippen MR) is 150 cm³/mol. The summed E-state index contributed by atoms with van der Waals surface area (Å²) in [5.41, 5.74) is 0.895. The van der Waals surface area contributed by atoms with E-state index in [1.165, 1.54) is 90.2 Å². The normalized spacial score (nSPS) is 19.3. The largest absolute Gasteiger partial charge is 0.746 e. The van der Waals surface area contributed by atoms with E-state index in [0.717, 1.165) is 37.9 Å². The molecule has 1 heterocycles. The molecule has 0 aromatic heterocycles. The van der Waals surface area contributed by atoms with E-state index in [-0.39, 0.29) is 6.61 Å². The van der Waals surface area contributed by atoms with Crippen LogP contribution in [-0.2, 0) is 27.9 Å². The van der Waals surface area contributed by atoms with Crippen molar-refractivity contribution in [2.24, 2.45) is 0 Å². The van der Waals surface area contributed by atoms with E-state index < -0.39 is 26.0 Å². The number of carbonyl (C=O) groups excluding carboxylic acids is 1. The Morgan fingerprint density at radius 1 is 0.974 bits per heavy atom. The van der Waals surface area contributed by atoms with Crippen LogP contribution in [-0.4, -0.2) is 56.5 Å². The SMILES string of the molecule is CCCCCCCCCCCCCCCCOC(C)C(COP(=O)([O-])OC=C1CCC[N+]1(C)C)OC(C)=O. The maximum absolute atomic E-state index is 12.3. The molecule has 0 aromatic carbocycles. The number of phosphoric acid groups is 1. The molecule has 0 saturated carbocycles. The molecule has 0 radical (unpaired) electrons. The third-order valence-corrected chi connectivity index (χ3v) is 8.19. The summed E-state index contributed by atoms with van der Waals surface area (Å²) >= 11 is 0. The summed E-state index contributed by atoms with van der Waals surface area (Å²) in [5, 5.41) is 0. The average Bonchev–Trinajstić information content (AvgIpc) is 3.20. The maximum atomic E-state index is 12.3. The number of rotatable bonds is 23. The number of hydrogen-bond acceptors (Lipinski definition) is 7. The van der Waals surface area contributed by atoms with Crippen molar-refractivity contribution in [1.82, 2.24) is 0 Å². The molecule has 1 fully saturated rings. The van der Waals surface area contributed by atoms with Gasteiger partial charge >= 0.3 is 13.8 Å². The van der Waals surface area contributed by atoms with Crippen LogP contribution in [0.25, 0.3) is 0 Å². The van der Waals surface area contributed by atoms with Crippen molar-refractivity contribution < 1.29 is 37.3 Å². The lowest BCUT2D eigenvalue weighted by molar-refractivity contribution is -0.843. The first-order valence-electron chi connectivity index (χ1n) is 15.0. The van der Waals surface area contributed by atoms with E-state index in [2.05, 4.69) is 6.92 Å². The third-order valence-electron chi connectivity index (χ3n) is 7.36. The molecule has 0 amide bonds. The van der Waals surface area contributed by atoms with Crippen LogP contribution >= 0.6 is 7.82 Å². The zero-order valence-corrected chi connectivity index (χ0v) is 25.8. The van der Waals surface area contributed by atoms with E-state index in [0.29, 0.717) is 11.1 Å². The first kappa shape index (κ1) is 35.1. The summed E-state index contributed by atoms with van der Waals surface area (Å²) in [4.78, 5) is 23.8. The number of phosphoric ester groups is 1. The Morgan fingerprint density at radius 3 is 1.97 bits per heavy atom. The first-order chi connectivity index (χ1) is 18.1. The van der Waals surface area contributed by atoms with Crippen LogP contribution in [0.15, 0.2) is 12.0 Å². The smallest absolute Gasteiger partial charge is 0.319 e. The fourth-order valence-corrected chi connectivity index (χ4v) is 5.42. The van der Waals surface area contributed by atoms with Crippen molar-refractivity contribution in [3.8, 4) is 0 Å². The van der Waals surface area contributed by atoms with Gasteiger partial charge in [-0.25, -0.2) is 0 Å². The Labute approximate surface area is 232 Å². The minimum atomic E-state index is -4.58. The molecule has 8 nitrogen and oxygen atoms in total. The Morgan fingerprint density at radius 2 is 1.50 bits per heavy atom. The molecule has 0 bridgehead atoms. The molecular formula is C29H56NO7P. The van der Waals surface area contributed by atoms with Gasteiger partial charge in [0, 0.05) is 26.4 Å². The highest BCUT2D eigenvalue weighted by molar-refractivity contribution is 7.46. The minimum absolute atomic E-state index is 0.346. The van der Waals surface area contributed by atoms with Crippen LogP contribution in [0.5, 0.6) is 0 Å². The zero-order chi connectivity index (χ0) is 28.3. The van der Waals surface area contributed by atoms with Gasteiger partial charge in [-0.05, 0) is 13.3 Å². The predicted octanol–water partition coefficient (Wildman–Crippen LogP) is 7.02. The lowest BCUT2D eigenvalue weighted by Crippen LogP contribution is -2.35. The number of allylic oxidation sites excluding steroid dienone is 1. The van der Waals surface area contributed by atoms with E-state index in [1.807, 2.05) is 14.1 Å². The molecule has 0 N–H and O–H groups in total. The minimum Gasteiger partial charge on any atom is -0.746 e. The number of ether oxygens (including phenoxy) is 2. The molecule has 1 rings (SSSR count). The fraction of sp³-hybridized carbons (Fsp3) is 0.897. The van der Waals surface area contributed by atoms with Gasteiger partial charge < -0.3 is 23.4 Å². The van der Waals surface area contributed by atoms with E-state index >= 15 is 0 Å². The number of esters is 1. The van der Waals surface area contributed by atoms with Gasteiger partial charge in [0.15, 0.2) is 6.10 Å². The lowest BCUT2D eigenvalue weighted by Gasteiger charge is -2.28. The molecule has 38 heavy (non-hydrogen) atoms. The second-order valence-electron chi connectivity index (χ2n) is 11.3. The molecule has 9 heteroatoms. The molecule has 3 atom stereocenters. The highest BCUT2D eigenvalue weighted by Gasteiger charge is 2.30. The monoisotopic (exact) mass is 561 g/mol. The molecular weight excluding hydrogens is 505 g/mol. The van der Waals surface area contributed by atoms with Gasteiger partial charge in [0.25, 0.3) is 0 Å². The van der Waals surface area contributed by atoms with E-state index in [1.54, 1.807) is 6.92 Å². The van der Waals surface area contributed by atoms with Crippen LogP contribution in [0.4, 0.5) is 0 Å². The average molecular weight is 562 g/mol. The Hall–Kier alpha value is -0.920. The van der Waals surface area contributed by atoms with Crippen molar-refractivity contribution in [1.29, 1.82) is 0 Å². The molecule has 0 aromatic rings. The number of nitrogens with zero attached hydrogens (tertiary/aromatic N) is 1. The van der Waals surface area contributed by atoms with Gasteiger partial charge in [-0.3, -0.25) is 13.8 Å². The summed E-state index contributed by atoms with van der Waals surface area (Å²) in [7, 11) is -0.571. The summed E-state index contributed by atoms with van der Waals surface area (Å²) < 4.78 is 34.0. The van der Waals surface area contributed by atoms with E-state index in [4.69, 9.17) is 18.5 Å². The Balaban J connectivity index is 2.19. The Bertz CT molecular complexity index is 713. The summed E-state index contributed by atoms with van der Waals surface area (Å²) in [6, 6.07) is 0. The van der Waals surface area contributed by atoms with Crippen molar-refractivity contribution >= 4 is 13.8 Å². The number of quaternary nitrogens is 1. The van der Waals surface area contributed by atoms with Gasteiger partial charge in [-0.2, -0.15) is 0 Å². The second-order valence-corrected chi connectivity index (χ2v) is 12.7. The standard InChI is InChI=1S/C29H56NO7P/c1-6-7-8-9-10-11-12-13-14-15-16-17-18-19-23-34-26(2)29(37-27(3)31)25-36-38(32,33)35-24-28-21-20-22-30(28,4)5/h24,26,29H,6-23,25H2,1-5H3. The number of unbranched alkanes of at least 4 members (excludes halogenated alkanes) is 13. The molecule has 0 spiro atoms. The van der Waals surface area contributed by atoms with E-state index in [9.17, 15) is 14.3 Å². The van der Waals surface area contributed by atoms with Crippen molar-refractivity contribution in [2.45, 2.75) is 136 Å². The molecule has 0 aliphatic carbocycles. The quantitative estimate of drug-likeness (QED) is 0.0435. The first-order valence-corrected chi connectivity index (χ1v) is 16.5. The summed E-state index contributed by atoms with van der Waals surface area (Å²) in [5.74, 6) is -0.515.